The summed E-state index contributed by atoms with van der Waals surface area (Å²) in [4.78, 5) is 2.30. The van der Waals surface area contributed by atoms with Crippen molar-refractivity contribution < 1.29 is 9.47 Å². The molecule has 1 aliphatic heterocycles. The van der Waals surface area contributed by atoms with Crippen molar-refractivity contribution in [3.63, 3.8) is 0 Å². The lowest BCUT2D eigenvalue weighted by Crippen LogP contribution is -2.13. The van der Waals surface area contributed by atoms with Crippen molar-refractivity contribution in [1.82, 2.24) is 0 Å². The van der Waals surface area contributed by atoms with E-state index < -0.39 is 0 Å². The van der Waals surface area contributed by atoms with Crippen LogP contribution in [0, 0.1) is 0 Å². The van der Waals surface area contributed by atoms with E-state index in [0.717, 1.165) is 24.3 Å². The highest BCUT2D eigenvalue weighted by atomic mass is 16.5. The molecule has 0 spiro atoms. The van der Waals surface area contributed by atoms with Crippen LogP contribution in [0.3, 0.4) is 0 Å². The summed E-state index contributed by atoms with van der Waals surface area (Å²) >= 11 is 0. The number of hydrogen-bond acceptors (Lipinski definition) is 3. The van der Waals surface area contributed by atoms with Crippen LogP contribution in [0.25, 0.3) is 0 Å². The third kappa shape index (κ3) is 2.80. The first-order valence-corrected chi connectivity index (χ1v) is 8.84. The molecule has 3 nitrogen and oxygen atoms in total. The van der Waals surface area contributed by atoms with Crippen LogP contribution in [-0.2, 0) is 12.8 Å². The number of hydrogen-bond donors (Lipinski definition) is 0. The Hall–Kier alpha value is -2.94. The van der Waals surface area contributed by atoms with E-state index in [2.05, 4.69) is 72.6 Å². The van der Waals surface area contributed by atoms with Crippen LogP contribution in [0.2, 0.25) is 0 Å². The van der Waals surface area contributed by atoms with Gasteiger partial charge < -0.3 is 14.4 Å². The molecule has 4 rings (SSSR count). The van der Waals surface area contributed by atoms with Gasteiger partial charge in [-0.2, -0.15) is 0 Å². The molecule has 1 heterocycles. The van der Waals surface area contributed by atoms with Crippen LogP contribution in [0.1, 0.15) is 22.3 Å². The fourth-order valence-electron chi connectivity index (χ4n) is 3.81. The zero-order valence-electron chi connectivity index (χ0n) is 15.5. The zero-order chi connectivity index (χ0) is 18.1. The van der Waals surface area contributed by atoms with E-state index in [1.807, 2.05) is 0 Å². The molecule has 0 aliphatic carbocycles. The summed E-state index contributed by atoms with van der Waals surface area (Å²) in [6.07, 6.45) is 1.73. The largest absolute Gasteiger partial charge is 0.493 e. The standard InChI is InChI=1S/C23H23NO2/c1-24-20-10-6-4-8-16(20)12-18-14-22(25-2)23(26-3)15-19(18)13-17-9-5-7-11-21(17)24/h4-11,14-15H,12-13H2,1-3H3. The Morgan fingerprint density at radius 3 is 1.50 bits per heavy atom. The number of methoxy groups -OCH3 is 2. The number of benzene rings is 3. The van der Waals surface area contributed by atoms with Crippen molar-refractivity contribution in [2.45, 2.75) is 12.8 Å². The summed E-state index contributed by atoms with van der Waals surface area (Å²) in [5, 5.41) is 0. The van der Waals surface area contributed by atoms with Crippen molar-refractivity contribution >= 4 is 11.4 Å². The molecule has 132 valence electrons. The second-order valence-electron chi connectivity index (χ2n) is 6.65. The smallest absolute Gasteiger partial charge is 0.161 e. The van der Waals surface area contributed by atoms with Gasteiger partial charge in [-0.05, 0) is 59.4 Å². The van der Waals surface area contributed by atoms with E-state index in [0.29, 0.717) is 0 Å². The van der Waals surface area contributed by atoms with Gasteiger partial charge in [-0.15, -0.1) is 0 Å². The molecule has 0 amide bonds. The molecular formula is C23H23NO2. The lowest BCUT2D eigenvalue weighted by Gasteiger charge is -2.24. The Kier molecular flexibility index (Phi) is 4.29. The Morgan fingerprint density at radius 1 is 0.654 bits per heavy atom. The Morgan fingerprint density at radius 2 is 1.08 bits per heavy atom. The van der Waals surface area contributed by atoms with Crippen molar-refractivity contribution in [1.29, 1.82) is 0 Å². The van der Waals surface area contributed by atoms with Gasteiger partial charge in [-0.25, -0.2) is 0 Å². The summed E-state index contributed by atoms with van der Waals surface area (Å²) in [6, 6.07) is 21.5. The van der Waals surface area contributed by atoms with E-state index in [-0.39, 0.29) is 0 Å². The monoisotopic (exact) mass is 345 g/mol. The van der Waals surface area contributed by atoms with Crippen LogP contribution in [0.4, 0.5) is 11.4 Å². The third-order valence-electron chi connectivity index (χ3n) is 5.17. The summed E-state index contributed by atoms with van der Waals surface area (Å²) in [5.74, 6) is 1.56. The molecule has 26 heavy (non-hydrogen) atoms. The molecule has 3 aromatic carbocycles. The highest BCUT2D eigenvalue weighted by molar-refractivity contribution is 5.71. The number of rotatable bonds is 2. The second kappa shape index (κ2) is 6.75. The lowest BCUT2D eigenvalue weighted by atomic mass is 9.94. The normalized spacial score (nSPS) is 12.8. The van der Waals surface area contributed by atoms with Crippen LogP contribution < -0.4 is 14.4 Å². The molecule has 3 heteroatoms. The molecule has 0 radical (unpaired) electrons. The van der Waals surface area contributed by atoms with Crippen LogP contribution >= 0.6 is 0 Å². The summed E-state index contributed by atoms with van der Waals surface area (Å²) < 4.78 is 11.1. The van der Waals surface area contributed by atoms with Gasteiger partial charge in [0.25, 0.3) is 0 Å². The summed E-state index contributed by atoms with van der Waals surface area (Å²) in [6.45, 7) is 0. The van der Waals surface area contributed by atoms with E-state index >= 15 is 0 Å². The number of fused-ring (bicyclic) bond motifs is 3. The van der Waals surface area contributed by atoms with Crippen molar-refractivity contribution in [2.75, 3.05) is 26.2 Å². The maximum Gasteiger partial charge on any atom is 0.161 e. The topological polar surface area (TPSA) is 21.7 Å². The van der Waals surface area contributed by atoms with Gasteiger partial charge in [0.1, 0.15) is 0 Å². The first kappa shape index (κ1) is 16.5. The molecule has 0 fully saturated rings. The average Bonchev–Trinajstić information content (AvgIpc) is 2.73. The van der Waals surface area contributed by atoms with Crippen LogP contribution in [0.5, 0.6) is 11.5 Å². The molecule has 0 saturated carbocycles. The predicted molar refractivity (Wildman–Crippen MR) is 106 cm³/mol. The number of para-hydroxylation sites is 2. The van der Waals surface area contributed by atoms with E-state index in [9.17, 15) is 0 Å². The average molecular weight is 345 g/mol. The molecular weight excluding hydrogens is 322 g/mol. The zero-order valence-corrected chi connectivity index (χ0v) is 15.5. The van der Waals surface area contributed by atoms with E-state index in [1.54, 1.807) is 14.2 Å². The van der Waals surface area contributed by atoms with Gasteiger partial charge in [-0.3, -0.25) is 0 Å². The second-order valence-corrected chi connectivity index (χ2v) is 6.65. The van der Waals surface area contributed by atoms with Crippen LogP contribution in [0.15, 0.2) is 60.7 Å². The fraction of sp³-hybridized carbons (Fsp3) is 0.217. The van der Waals surface area contributed by atoms with E-state index in [4.69, 9.17) is 9.47 Å². The summed E-state index contributed by atoms with van der Waals surface area (Å²) in [7, 11) is 5.53. The number of ether oxygens (including phenoxy) is 2. The van der Waals surface area contributed by atoms with Gasteiger partial charge in [0.15, 0.2) is 11.5 Å². The van der Waals surface area contributed by atoms with Gasteiger partial charge >= 0.3 is 0 Å². The van der Waals surface area contributed by atoms with Crippen molar-refractivity contribution in [3.05, 3.63) is 82.9 Å². The Bertz CT molecular complexity index is 872. The molecule has 0 unspecified atom stereocenters. The first-order valence-electron chi connectivity index (χ1n) is 8.84. The molecule has 0 bridgehead atoms. The minimum absolute atomic E-state index is 0.782. The van der Waals surface area contributed by atoms with Gasteiger partial charge in [-0.1, -0.05) is 36.4 Å². The van der Waals surface area contributed by atoms with Crippen molar-refractivity contribution in [3.8, 4) is 11.5 Å². The minimum Gasteiger partial charge on any atom is -0.493 e. The SMILES string of the molecule is COc1cc2c(cc1OC)Cc1ccccc1N(C)c1ccccc1C2. The number of anilines is 2. The highest BCUT2D eigenvalue weighted by Gasteiger charge is 2.19. The van der Waals surface area contributed by atoms with Gasteiger partial charge in [0, 0.05) is 18.4 Å². The quantitative estimate of drug-likeness (QED) is 0.655. The maximum absolute atomic E-state index is 5.55. The number of nitrogens with zero attached hydrogens (tertiary/aromatic N) is 1. The fourth-order valence-corrected chi connectivity index (χ4v) is 3.81. The highest BCUT2D eigenvalue weighted by Crippen LogP contribution is 2.38. The molecule has 0 N–H and O–H groups in total. The van der Waals surface area contributed by atoms with Gasteiger partial charge in [0.2, 0.25) is 0 Å². The Labute approximate surface area is 154 Å². The molecule has 0 aromatic heterocycles. The lowest BCUT2D eigenvalue weighted by molar-refractivity contribution is 0.354. The predicted octanol–water partition coefficient (Wildman–Crippen LogP) is 4.97. The molecule has 0 atom stereocenters. The van der Waals surface area contributed by atoms with E-state index in [1.165, 1.54) is 33.6 Å². The van der Waals surface area contributed by atoms with Crippen LogP contribution in [-0.4, -0.2) is 21.3 Å². The summed E-state index contributed by atoms with van der Waals surface area (Å²) in [5.41, 5.74) is 7.64. The maximum atomic E-state index is 5.55. The molecule has 3 aromatic rings. The minimum atomic E-state index is 0.782. The molecule has 1 aliphatic rings. The first-order chi connectivity index (χ1) is 12.7. The third-order valence-corrected chi connectivity index (χ3v) is 5.17. The molecule has 0 saturated heterocycles. The van der Waals surface area contributed by atoms with Crippen molar-refractivity contribution in [2.24, 2.45) is 0 Å². The van der Waals surface area contributed by atoms with Gasteiger partial charge in [0.05, 0.1) is 14.2 Å². The Balaban J connectivity index is 1.97.